The Bertz CT molecular complexity index is 1730. The summed E-state index contributed by atoms with van der Waals surface area (Å²) < 4.78 is 6.37. The number of furan rings is 1. The molecule has 8 nitrogen and oxygen atoms in total. The Balaban J connectivity index is 1.25. The molecule has 206 valence electrons. The standard InChI is InChI=1S/C31H26N4O4S2/c1-19-13-14-25-27(16-19)41-31(34-25)35-28(36)20(2)40-24-12-6-10-22(17-24)32-30(38)26(18-23-11-7-15-39-23)33-29(37)21-8-4-3-5-9-21/h3-18,20H,1-2H3,(H,32,38)(H,33,37)(H,34,35,36)/b26-18-. The summed E-state index contributed by atoms with van der Waals surface area (Å²) in [6, 6.07) is 25.1. The van der Waals surface area contributed by atoms with Crippen molar-refractivity contribution < 1.29 is 18.8 Å². The van der Waals surface area contributed by atoms with Gasteiger partial charge in [-0.1, -0.05) is 41.7 Å². The lowest BCUT2D eigenvalue weighted by molar-refractivity contribution is -0.115. The number of thioether (sulfide) groups is 1. The first-order valence-corrected chi connectivity index (χ1v) is 14.4. The summed E-state index contributed by atoms with van der Waals surface area (Å²) in [6.07, 6.45) is 2.95. The summed E-state index contributed by atoms with van der Waals surface area (Å²) in [5, 5.41) is 8.54. The number of anilines is 2. The Morgan fingerprint density at radius 2 is 1.78 bits per heavy atom. The highest BCUT2D eigenvalue weighted by atomic mass is 32.2. The normalized spacial score (nSPS) is 12.1. The Morgan fingerprint density at radius 3 is 2.56 bits per heavy atom. The minimum atomic E-state index is -0.523. The third-order valence-electron chi connectivity index (χ3n) is 5.91. The second-order valence-corrected chi connectivity index (χ2v) is 11.6. The number of nitrogens with zero attached hydrogens (tertiary/aromatic N) is 1. The second kappa shape index (κ2) is 12.7. The highest BCUT2D eigenvalue weighted by molar-refractivity contribution is 8.00. The van der Waals surface area contributed by atoms with E-state index in [0.29, 0.717) is 22.1 Å². The first-order chi connectivity index (χ1) is 19.8. The second-order valence-electron chi connectivity index (χ2n) is 9.12. The van der Waals surface area contributed by atoms with Crippen LogP contribution in [0.25, 0.3) is 16.3 Å². The number of carbonyl (C=O) groups excluding carboxylic acids is 3. The van der Waals surface area contributed by atoms with Crippen LogP contribution in [0.15, 0.2) is 106 Å². The number of rotatable bonds is 9. The molecule has 10 heteroatoms. The zero-order valence-corrected chi connectivity index (χ0v) is 23.8. The van der Waals surface area contributed by atoms with Crippen LogP contribution < -0.4 is 16.0 Å². The molecule has 2 heterocycles. The zero-order valence-electron chi connectivity index (χ0n) is 22.2. The number of amides is 3. The van der Waals surface area contributed by atoms with Gasteiger partial charge in [-0.15, -0.1) is 11.8 Å². The fourth-order valence-corrected chi connectivity index (χ4v) is 5.75. The van der Waals surface area contributed by atoms with Crippen molar-refractivity contribution in [2.75, 3.05) is 10.6 Å². The monoisotopic (exact) mass is 582 g/mol. The van der Waals surface area contributed by atoms with Crippen molar-refractivity contribution in [3.8, 4) is 0 Å². The van der Waals surface area contributed by atoms with Crippen LogP contribution in [-0.2, 0) is 9.59 Å². The van der Waals surface area contributed by atoms with E-state index in [0.717, 1.165) is 20.7 Å². The van der Waals surface area contributed by atoms with E-state index in [1.807, 2.05) is 38.1 Å². The minimum absolute atomic E-state index is 0.0191. The number of benzene rings is 3. The Hall–Kier alpha value is -4.67. The minimum Gasteiger partial charge on any atom is -0.465 e. The van der Waals surface area contributed by atoms with Gasteiger partial charge in [-0.3, -0.25) is 14.4 Å². The molecule has 0 aliphatic carbocycles. The van der Waals surface area contributed by atoms with E-state index < -0.39 is 17.1 Å². The topological polar surface area (TPSA) is 113 Å². The molecule has 5 aromatic rings. The average Bonchev–Trinajstić information content (AvgIpc) is 3.62. The van der Waals surface area contributed by atoms with Gasteiger partial charge in [0.2, 0.25) is 5.91 Å². The number of aryl methyl sites for hydroxylation is 1. The van der Waals surface area contributed by atoms with Crippen LogP contribution in [0, 0.1) is 6.92 Å². The van der Waals surface area contributed by atoms with Gasteiger partial charge in [-0.05, 0) is 74.0 Å². The molecule has 3 aromatic carbocycles. The SMILES string of the molecule is Cc1ccc2nc(NC(=O)C(C)Sc3cccc(NC(=O)/C(=C/c4ccco4)NC(=O)c4ccccc4)c3)sc2c1. The number of nitrogens with one attached hydrogen (secondary N) is 3. The lowest BCUT2D eigenvalue weighted by atomic mass is 10.2. The van der Waals surface area contributed by atoms with Crippen molar-refractivity contribution in [1.82, 2.24) is 10.3 Å². The van der Waals surface area contributed by atoms with E-state index in [2.05, 4.69) is 20.9 Å². The maximum Gasteiger partial charge on any atom is 0.272 e. The van der Waals surface area contributed by atoms with Gasteiger partial charge in [0.1, 0.15) is 11.5 Å². The van der Waals surface area contributed by atoms with Crippen LogP contribution >= 0.6 is 23.1 Å². The van der Waals surface area contributed by atoms with Crippen LogP contribution in [0.3, 0.4) is 0 Å². The smallest absolute Gasteiger partial charge is 0.272 e. The Labute approximate surface area is 244 Å². The van der Waals surface area contributed by atoms with E-state index >= 15 is 0 Å². The van der Waals surface area contributed by atoms with Crippen LogP contribution in [0.1, 0.15) is 28.6 Å². The summed E-state index contributed by atoms with van der Waals surface area (Å²) >= 11 is 2.79. The van der Waals surface area contributed by atoms with Crippen molar-refractivity contribution in [3.63, 3.8) is 0 Å². The molecule has 0 saturated carbocycles. The van der Waals surface area contributed by atoms with Crippen molar-refractivity contribution >= 4 is 67.9 Å². The van der Waals surface area contributed by atoms with Gasteiger partial charge in [0.25, 0.3) is 11.8 Å². The molecule has 0 bridgehead atoms. The average molecular weight is 583 g/mol. The summed E-state index contributed by atoms with van der Waals surface area (Å²) in [5.74, 6) is -0.709. The summed E-state index contributed by atoms with van der Waals surface area (Å²) in [6.45, 7) is 3.83. The van der Waals surface area contributed by atoms with Crippen LogP contribution in [0.4, 0.5) is 10.8 Å². The van der Waals surface area contributed by atoms with E-state index in [-0.39, 0.29) is 11.6 Å². The lowest BCUT2D eigenvalue weighted by Crippen LogP contribution is -2.30. The van der Waals surface area contributed by atoms with Crippen LogP contribution in [-0.4, -0.2) is 28.0 Å². The van der Waals surface area contributed by atoms with E-state index in [9.17, 15) is 14.4 Å². The number of aromatic nitrogens is 1. The van der Waals surface area contributed by atoms with Gasteiger partial charge < -0.3 is 20.4 Å². The molecular weight excluding hydrogens is 556 g/mol. The van der Waals surface area contributed by atoms with Crippen molar-refractivity contribution in [2.45, 2.75) is 24.0 Å². The molecule has 2 aromatic heterocycles. The predicted octanol–water partition coefficient (Wildman–Crippen LogP) is 6.73. The third kappa shape index (κ3) is 7.30. The van der Waals surface area contributed by atoms with E-state index in [1.54, 1.807) is 60.7 Å². The van der Waals surface area contributed by atoms with Crippen LogP contribution in [0.2, 0.25) is 0 Å². The van der Waals surface area contributed by atoms with Crippen molar-refractivity contribution in [1.29, 1.82) is 0 Å². The summed E-state index contributed by atoms with van der Waals surface area (Å²) in [7, 11) is 0. The molecule has 0 radical (unpaired) electrons. The van der Waals surface area contributed by atoms with Crippen molar-refractivity contribution in [2.24, 2.45) is 0 Å². The summed E-state index contributed by atoms with van der Waals surface area (Å²) in [4.78, 5) is 44.2. The number of hydrogen-bond acceptors (Lipinski definition) is 7. The van der Waals surface area contributed by atoms with Gasteiger partial charge in [0.15, 0.2) is 5.13 Å². The van der Waals surface area contributed by atoms with E-state index in [4.69, 9.17) is 4.42 Å². The molecule has 41 heavy (non-hydrogen) atoms. The van der Waals surface area contributed by atoms with Gasteiger partial charge in [0, 0.05) is 22.2 Å². The zero-order chi connectivity index (χ0) is 28.8. The number of hydrogen-bond donors (Lipinski definition) is 3. The van der Waals surface area contributed by atoms with E-state index in [1.165, 1.54) is 35.4 Å². The summed E-state index contributed by atoms with van der Waals surface area (Å²) in [5.41, 5.74) is 2.92. The number of fused-ring (bicyclic) bond motifs is 1. The van der Waals surface area contributed by atoms with Gasteiger partial charge >= 0.3 is 0 Å². The highest BCUT2D eigenvalue weighted by Gasteiger charge is 2.18. The van der Waals surface area contributed by atoms with Gasteiger partial charge in [-0.2, -0.15) is 0 Å². The molecule has 0 fully saturated rings. The molecule has 0 saturated heterocycles. The van der Waals surface area contributed by atoms with Gasteiger partial charge in [0.05, 0.1) is 21.7 Å². The van der Waals surface area contributed by atoms with Crippen LogP contribution in [0.5, 0.6) is 0 Å². The molecule has 0 aliphatic rings. The quantitative estimate of drug-likeness (QED) is 0.131. The first kappa shape index (κ1) is 27.9. The number of thiazole rings is 1. The molecule has 1 unspecified atom stereocenters. The maximum atomic E-state index is 13.2. The molecule has 5 rings (SSSR count). The largest absolute Gasteiger partial charge is 0.465 e. The third-order valence-corrected chi connectivity index (χ3v) is 7.93. The molecule has 0 aliphatic heterocycles. The maximum absolute atomic E-state index is 13.2. The first-order valence-electron chi connectivity index (χ1n) is 12.7. The Morgan fingerprint density at radius 1 is 0.951 bits per heavy atom. The number of carbonyl (C=O) groups is 3. The Kier molecular flexibility index (Phi) is 8.61. The molecular formula is C31H26N4O4S2. The molecule has 3 amide bonds. The lowest BCUT2D eigenvalue weighted by Gasteiger charge is -2.13. The molecule has 0 spiro atoms. The van der Waals surface area contributed by atoms with Crippen molar-refractivity contribution in [3.05, 3.63) is 114 Å². The molecule has 1 atom stereocenters. The highest BCUT2D eigenvalue weighted by Crippen LogP contribution is 2.30. The fraction of sp³-hybridized carbons (Fsp3) is 0.0968. The predicted molar refractivity (Wildman–Crippen MR) is 164 cm³/mol. The van der Waals surface area contributed by atoms with Gasteiger partial charge in [-0.25, -0.2) is 4.98 Å². The molecule has 3 N–H and O–H groups in total. The fourth-order valence-electron chi connectivity index (χ4n) is 3.85.